The minimum Gasteiger partial charge on any atom is -0.484 e. The van der Waals surface area contributed by atoms with E-state index in [1.165, 1.54) is 0 Å². The smallest absolute Gasteiger partial charge is 0.261 e. The highest BCUT2D eigenvalue weighted by Crippen LogP contribution is 2.22. The Morgan fingerprint density at radius 3 is 2.39 bits per heavy atom. The van der Waals surface area contributed by atoms with Gasteiger partial charge in [0, 0.05) is 31.4 Å². The highest BCUT2D eigenvalue weighted by atomic mass is 32.2. The van der Waals surface area contributed by atoms with Crippen LogP contribution >= 0.6 is 0 Å². The molecule has 2 aromatic rings. The molecule has 0 spiro atoms. The number of carbonyl (C=O) groups is 1. The third-order valence-corrected chi connectivity index (χ3v) is 7.49. The van der Waals surface area contributed by atoms with Gasteiger partial charge in [0.25, 0.3) is 5.91 Å². The normalized spacial score (nSPS) is 17.3. The third kappa shape index (κ3) is 6.23. The van der Waals surface area contributed by atoms with Gasteiger partial charge >= 0.3 is 0 Å². The Bertz CT molecular complexity index is 985. The molecule has 0 aliphatic carbocycles. The number of anilines is 1. The number of sulfone groups is 1. The second kappa shape index (κ2) is 10.2. The van der Waals surface area contributed by atoms with Crippen LogP contribution in [0.1, 0.15) is 31.4 Å². The maximum Gasteiger partial charge on any atom is 0.261 e. The van der Waals surface area contributed by atoms with Crippen molar-refractivity contribution >= 4 is 21.4 Å². The zero-order chi connectivity index (χ0) is 22.4. The maximum absolute atomic E-state index is 13.1. The van der Waals surface area contributed by atoms with Gasteiger partial charge < -0.3 is 14.5 Å². The van der Waals surface area contributed by atoms with E-state index in [4.69, 9.17) is 4.74 Å². The van der Waals surface area contributed by atoms with Gasteiger partial charge in [0.15, 0.2) is 16.4 Å². The monoisotopic (exact) mass is 444 g/mol. The van der Waals surface area contributed by atoms with Crippen LogP contribution in [0, 0.1) is 6.92 Å². The molecular formula is C24H32N2O4S. The van der Waals surface area contributed by atoms with E-state index in [9.17, 15) is 13.2 Å². The molecule has 0 N–H and O–H groups in total. The number of amides is 1. The Morgan fingerprint density at radius 2 is 1.81 bits per heavy atom. The van der Waals surface area contributed by atoms with Crippen molar-refractivity contribution in [3.05, 3.63) is 59.7 Å². The predicted octanol–water partition coefficient (Wildman–Crippen LogP) is 3.44. The average Bonchev–Trinajstić information content (AvgIpc) is 3.11. The number of carbonyl (C=O) groups excluding carboxylic acids is 1. The molecule has 1 aliphatic rings. The lowest BCUT2D eigenvalue weighted by Gasteiger charge is -2.29. The summed E-state index contributed by atoms with van der Waals surface area (Å²) in [6, 6.07) is 15.4. The number of benzene rings is 2. The van der Waals surface area contributed by atoms with Crippen molar-refractivity contribution in [1.29, 1.82) is 0 Å². The standard InChI is InChI=1S/C24H32N2O4S/c1-4-25(5-2)21-11-9-20(10-12-21)16-26(22-13-14-31(28,29)18-22)24(27)17-30-23-8-6-7-19(3)15-23/h6-12,15,22H,4-5,13-14,16-18H2,1-3H3. The summed E-state index contributed by atoms with van der Waals surface area (Å²) in [5.74, 6) is 0.578. The summed E-state index contributed by atoms with van der Waals surface area (Å²) in [5.41, 5.74) is 3.17. The first-order valence-corrected chi connectivity index (χ1v) is 12.7. The first kappa shape index (κ1) is 23.1. The Balaban J connectivity index is 1.74. The fraction of sp³-hybridized carbons (Fsp3) is 0.458. The van der Waals surface area contributed by atoms with Gasteiger partial charge in [-0.1, -0.05) is 24.3 Å². The van der Waals surface area contributed by atoms with Gasteiger partial charge in [-0.05, 0) is 62.6 Å². The van der Waals surface area contributed by atoms with Crippen molar-refractivity contribution in [2.75, 3.05) is 36.1 Å². The first-order valence-electron chi connectivity index (χ1n) is 10.8. The van der Waals surface area contributed by atoms with Crippen LogP contribution in [0.25, 0.3) is 0 Å². The molecule has 0 aromatic heterocycles. The lowest BCUT2D eigenvalue weighted by Crippen LogP contribution is -2.43. The molecule has 168 valence electrons. The van der Waals surface area contributed by atoms with Crippen LogP contribution in [0.15, 0.2) is 48.5 Å². The molecule has 1 atom stereocenters. The number of aryl methyl sites for hydroxylation is 1. The summed E-state index contributed by atoms with van der Waals surface area (Å²) in [4.78, 5) is 17.0. The van der Waals surface area contributed by atoms with Gasteiger partial charge in [0.05, 0.1) is 11.5 Å². The van der Waals surface area contributed by atoms with Crippen molar-refractivity contribution in [2.45, 2.75) is 39.8 Å². The lowest BCUT2D eigenvalue weighted by molar-refractivity contribution is -0.136. The number of nitrogens with zero attached hydrogens (tertiary/aromatic N) is 2. The lowest BCUT2D eigenvalue weighted by atomic mass is 10.1. The summed E-state index contributed by atoms with van der Waals surface area (Å²) >= 11 is 0. The summed E-state index contributed by atoms with van der Waals surface area (Å²) in [7, 11) is -3.11. The van der Waals surface area contributed by atoms with Crippen molar-refractivity contribution in [1.82, 2.24) is 4.90 Å². The largest absolute Gasteiger partial charge is 0.484 e. The fourth-order valence-corrected chi connectivity index (χ4v) is 5.70. The predicted molar refractivity (Wildman–Crippen MR) is 124 cm³/mol. The zero-order valence-electron chi connectivity index (χ0n) is 18.6. The van der Waals surface area contributed by atoms with E-state index < -0.39 is 9.84 Å². The Kier molecular flexibility index (Phi) is 7.59. The van der Waals surface area contributed by atoms with E-state index in [1.807, 2.05) is 43.3 Å². The maximum atomic E-state index is 13.1. The molecule has 1 unspecified atom stereocenters. The number of rotatable bonds is 9. The number of hydrogen-bond donors (Lipinski definition) is 0. The van der Waals surface area contributed by atoms with Crippen molar-refractivity contribution in [3.63, 3.8) is 0 Å². The van der Waals surface area contributed by atoms with Crippen LogP contribution in [0.5, 0.6) is 5.75 Å². The van der Waals surface area contributed by atoms with Gasteiger partial charge in [-0.25, -0.2) is 8.42 Å². The second-order valence-corrected chi connectivity index (χ2v) is 10.3. The van der Waals surface area contributed by atoms with Gasteiger partial charge in [0.2, 0.25) is 0 Å². The van der Waals surface area contributed by atoms with Crippen LogP contribution < -0.4 is 9.64 Å². The summed E-state index contributed by atoms with van der Waals surface area (Å²) in [6.45, 7) is 8.31. The molecule has 0 radical (unpaired) electrons. The van der Waals surface area contributed by atoms with E-state index in [1.54, 1.807) is 4.90 Å². The van der Waals surface area contributed by atoms with Gasteiger partial charge in [-0.15, -0.1) is 0 Å². The van der Waals surface area contributed by atoms with Crippen LogP contribution in [-0.4, -0.2) is 56.5 Å². The Labute approximate surface area is 185 Å². The van der Waals surface area contributed by atoms with E-state index >= 15 is 0 Å². The zero-order valence-corrected chi connectivity index (χ0v) is 19.4. The molecule has 2 aromatic carbocycles. The van der Waals surface area contributed by atoms with Crippen LogP contribution in [0.2, 0.25) is 0 Å². The van der Waals surface area contributed by atoms with Gasteiger partial charge in [-0.3, -0.25) is 4.79 Å². The van der Waals surface area contributed by atoms with Gasteiger partial charge in [0.1, 0.15) is 5.75 Å². The van der Waals surface area contributed by atoms with Crippen molar-refractivity contribution < 1.29 is 17.9 Å². The topological polar surface area (TPSA) is 66.9 Å². The molecule has 0 bridgehead atoms. The van der Waals surface area contributed by atoms with E-state index in [0.29, 0.717) is 18.7 Å². The van der Waals surface area contributed by atoms with E-state index in [0.717, 1.165) is 29.9 Å². The van der Waals surface area contributed by atoms with E-state index in [-0.39, 0.29) is 30.1 Å². The molecule has 6 nitrogen and oxygen atoms in total. The number of ether oxygens (including phenoxy) is 1. The van der Waals surface area contributed by atoms with Gasteiger partial charge in [-0.2, -0.15) is 0 Å². The molecule has 1 amide bonds. The molecule has 0 saturated carbocycles. The summed E-state index contributed by atoms with van der Waals surface area (Å²) < 4.78 is 29.8. The first-order chi connectivity index (χ1) is 14.8. The highest BCUT2D eigenvalue weighted by Gasteiger charge is 2.34. The SMILES string of the molecule is CCN(CC)c1ccc(CN(C(=O)COc2cccc(C)c2)C2CCS(=O)(=O)C2)cc1. The van der Waals surface area contributed by atoms with Crippen LogP contribution in [-0.2, 0) is 21.2 Å². The molecular weight excluding hydrogens is 412 g/mol. The molecule has 1 saturated heterocycles. The number of hydrogen-bond acceptors (Lipinski definition) is 5. The van der Waals surface area contributed by atoms with E-state index in [2.05, 4.69) is 30.9 Å². The molecule has 1 fully saturated rings. The minimum absolute atomic E-state index is 0.0146. The molecule has 3 rings (SSSR count). The summed E-state index contributed by atoms with van der Waals surface area (Å²) in [5, 5.41) is 0. The fourth-order valence-electron chi connectivity index (χ4n) is 3.97. The van der Waals surface area contributed by atoms with Crippen molar-refractivity contribution in [2.24, 2.45) is 0 Å². The van der Waals surface area contributed by atoms with Crippen LogP contribution in [0.3, 0.4) is 0 Å². The molecule has 1 heterocycles. The Morgan fingerprint density at radius 1 is 1.10 bits per heavy atom. The third-order valence-electron chi connectivity index (χ3n) is 5.74. The quantitative estimate of drug-likeness (QED) is 0.593. The molecule has 31 heavy (non-hydrogen) atoms. The molecule has 7 heteroatoms. The summed E-state index contributed by atoms with van der Waals surface area (Å²) in [6.07, 6.45) is 0.468. The average molecular weight is 445 g/mol. The second-order valence-electron chi connectivity index (χ2n) is 8.02. The minimum atomic E-state index is -3.11. The van der Waals surface area contributed by atoms with Crippen molar-refractivity contribution in [3.8, 4) is 5.75 Å². The molecule has 1 aliphatic heterocycles. The Hall–Kier alpha value is -2.54. The van der Waals surface area contributed by atoms with Crippen LogP contribution in [0.4, 0.5) is 5.69 Å². The highest BCUT2D eigenvalue weighted by molar-refractivity contribution is 7.91.